The highest BCUT2D eigenvalue weighted by Gasteiger charge is 2.46. The highest BCUT2D eigenvalue weighted by Crippen LogP contribution is 2.52. The number of amides is 1. The van der Waals surface area contributed by atoms with Crippen LogP contribution in [0.3, 0.4) is 0 Å². The fraction of sp³-hybridized carbons (Fsp3) is 0.387. The monoisotopic (exact) mass is 591 g/mol. The number of nitrogens with one attached hydrogen (secondary N) is 1. The van der Waals surface area contributed by atoms with Crippen molar-refractivity contribution in [3.63, 3.8) is 0 Å². The second-order valence-electron chi connectivity index (χ2n) is 10.6. The van der Waals surface area contributed by atoms with E-state index in [-0.39, 0.29) is 0 Å². The van der Waals surface area contributed by atoms with Crippen LogP contribution in [-0.2, 0) is 16.5 Å². The number of fused-ring (bicyclic) bond motifs is 3. The van der Waals surface area contributed by atoms with Crippen LogP contribution in [0.15, 0.2) is 72.8 Å². The van der Waals surface area contributed by atoms with Crippen LogP contribution in [0.2, 0.25) is 0 Å². The SMILES string of the molecule is O=C(NCC(F)(F)F)OC1(CCCCN2CCN(c3ccc(C(F)(F)F)cc3)CC2)c2ccccc2-c2ccccc21. The minimum Gasteiger partial charge on any atom is -0.433 e. The molecule has 3 aromatic rings. The maximum Gasteiger partial charge on any atom is 0.416 e. The van der Waals surface area contributed by atoms with Crippen molar-refractivity contribution in [2.24, 2.45) is 0 Å². The molecule has 0 atom stereocenters. The van der Waals surface area contributed by atoms with Crippen LogP contribution in [0.1, 0.15) is 36.0 Å². The summed E-state index contributed by atoms with van der Waals surface area (Å²) in [7, 11) is 0. The average Bonchev–Trinajstić information content (AvgIpc) is 3.24. The molecule has 1 amide bonds. The van der Waals surface area contributed by atoms with Crippen molar-refractivity contribution in [3.05, 3.63) is 89.5 Å². The third kappa shape index (κ3) is 6.51. The highest BCUT2D eigenvalue weighted by molar-refractivity contribution is 5.82. The summed E-state index contributed by atoms with van der Waals surface area (Å²) >= 11 is 0. The van der Waals surface area contributed by atoms with Crippen LogP contribution < -0.4 is 10.2 Å². The first-order valence-electron chi connectivity index (χ1n) is 13.8. The molecule has 3 aromatic carbocycles. The van der Waals surface area contributed by atoms with Gasteiger partial charge >= 0.3 is 18.4 Å². The van der Waals surface area contributed by atoms with Gasteiger partial charge in [0.1, 0.15) is 6.54 Å². The van der Waals surface area contributed by atoms with Crippen LogP contribution in [-0.4, -0.2) is 56.4 Å². The van der Waals surface area contributed by atoms with Crippen molar-refractivity contribution in [3.8, 4) is 11.1 Å². The number of alkyl carbamates (subject to hydrolysis) is 1. The number of carbonyl (C=O) groups excluding carboxylic acids is 1. The fourth-order valence-electron chi connectivity index (χ4n) is 5.88. The van der Waals surface area contributed by atoms with E-state index in [0.717, 1.165) is 66.1 Å². The van der Waals surface area contributed by atoms with Crippen molar-refractivity contribution in [1.29, 1.82) is 0 Å². The molecule has 0 radical (unpaired) electrons. The van der Waals surface area contributed by atoms with Gasteiger partial charge < -0.3 is 15.0 Å². The van der Waals surface area contributed by atoms with E-state index in [1.165, 1.54) is 12.1 Å². The number of piperazine rings is 1. The minimum atomic E-state index is -4.56. The van der Waals surface area contributed by atoms with E-state index >= 15 is 0 Å². The van der Waals surface area contributed by atoms with Gasteiger partial charge in [-0.2, -0.15) is 26.3 Å². The molecule has 0 unspecified atom stereocenters. The van der Waals surface area contributed by atoms with E-state index in [4.69, 9.17) is 4.74 Å². The summed E-state index contributed by atoms with van der Waals surface area (Å²) in [4.78, 5) is 17.0. The van der Waals surface area contributed by atoms with Crippen LogP contribution in [0.25, 0.3) is 11.1 Å². The van der Waals surface area contributed by atoms with Gasteiger partial charge in [-0.25, -0.2) is 4.79 Å². The third-order valence-corrected chi connectivity index (χ3v) is 7.90. The summed E-state index contributed by atoms with van der Waals surface area (Å²) in [6, 6.07) is 20.1. The van der Waals surface area contributed by atoms with E-state index in [1.54, 1.807) is 0 Å². The zero-order valence-electron chi connectivity index (χ0n) is 22.8. The number of unbranched alkanes of at least 4 members (excludes halogenated alkanes) is 1. The zero-order chi connectivity index (χ0) is 30.0. The number of alkyl halides is 6. The first kappa shape index (κ1) is 29.8. The second-order valence-corrected chi connectivity index (χ2v) is 10.6. The van der Waals surface area contributed by atoms with Gasteiger partial charge in [0.05, 0.1) is 5.56 Å². The molecule has 1 aliphatic heterocycles. The van der Waals surface area contributed by atoms with Crippen LogP contribution in [0, 0.1) is 0 Å². The Balaban J connectivity index is 1.22. The van der Waals surface area contributed by atoms with Gasteiger partial charge in [0.25, 0.3) is 0 Å². The van der Waals surface area contributed by atoms with Crippen molar-refractivity contribution < 1.29 is 35.9 Å². The summed E-state index contributed by atoms with van der Waals surface area (Å²) in [5.41, 5.74) is 2.13. The topological polar surface area (TPSA) is 44.8 Å². The Morgan fingerprint density at radius 1 is 0.786 bits per heavy atom. The van der Waals surface area contributed by atoms with E-state index in [2.05, 4.69) is 9.80 Å². The summed E-state index contributed by atoms with van der Waals surface area (Å²) < 4.78 is 82.9. The number of benzene rings is 3. The number of rotatable bonds is 8. The quantitative estimate of drug-likeness (QED) is 0.222. The number of hydrogen-bond donors (Lipinski definition) is 1. The lowest BCUT2D eigenvalue weighted by Crippen LogP contribution is -2.46. The van der Waals surface area contributed by atoms with Crippen molar-refractivity contribution in [1.82, 2.24) is 10.2 Å². The molecule has 42 heavy (non-hydrogen) atoms. The van der Waals surface area contributed by atoms with E-state index in [0.29, 0.717) is 25.9 Å². The molecule has 11 heteroatoms. The van der Waals surface area contributed by atoms with Crippen molar-refractivity contribution in [2.75, 3.05) is 44.2 Å². The summed E-state index contributed by atoms with van der Waals surface area (Å²) in [6.45, 7) is 2.13. The molecule has 0 spiro atoms. The largest absolute Gasteiger partial charge is 0.433 e. The van der Waals surface area contributed by atoms with Crippen LogP contribution >= 0.6 is 0 Å². The number of carbonyl (C=O) groups is 1. The van der Waals surface area contributed by atoms with Crippen molar-refractivity contribution in [2.45, 2.75) is 37.2 Å². The van der Waals surface area contributed by atoms with Gasteiger partial charge in [-0.1, -0.05) is 48.5 Å². The van der Waals surface area contributed by atoms with E-state index in [1.807, 2.05) is 53.8 Å². The van der Waals surface area contributed by atoms with E-state index in [9.17, 15) is 31.1 Å². The molecule has 1 fully saturated rings. The van der Waals surface area contributed by atoms with Gasteiger partial charge in [-0.3, -0.25) is 4.90 Å². The van der Waals surface area contributed by atoms with Gasteiger partial charge in [-0.15, -0.1) is 0 Å². The normalized spacial score (nSPS) is 16.6. The molecule has 1 saturated heterocycles. The molecule has 0 bridgehead atoms. The van der Waals surface area contributed by atoms with Crippen molar-refractivity contribution >= 4 is 11.8 Å². The fourth-order valence-corrected chi connectivity index (χ4v) is 5.88. The maximum atomic E-state index is 12.9. The Kier molecular flexibility index (Phi) is 8.41. The van der Waals surface area contributed by atoms with E-state index < -0.39 is 36.2 Å². The number of hydrogen-bond acceptors (Lipinski definition) is 4. The standard InChI is InChI=1S/C31H31F6N3O2/c32-30(33,34)21-38-28(41)42-29(26-9-3-1-7-24(26)25-8-2-4-10-27(25)29)15-5-6-16-39-17-19-40(20-18-39)23-13-11-22(12-14-23)31(35,36)37/h1-4,7-14H,5-6,15-21H2,(H,38,41). The lowest BCUT2D eigenvalue weighted by molar-refractivity contribution is -0.137. The molecule has 5 rings (SSSR count). The first-order chi connectivity index (χ1) is 20.0. The Labute approximate surface area is 240 Å². The second kappa shape index (κ2) is 11.9. The Bertz CT molecular complexity index is 1340. The predicted octanol–water partition coefficient (Wildman–Crippen LogP) is 7.21. The molecule has 1 heterocycles. The van der Waals surface area contributed by atoms with Gasteiger partial charge in [0, 0.05) is 43.0 Å². The molecule has 224 valence electrons. The molecule has 0 saturated carbocycles. The summed E-state index contributed by atoms with van der Waals surface area (Å²) in [6.07, 6.45) is -8.25. The summed E-state index contributed by atoms with van der Waals surface area (Å²) in [5, 5.41) is 1.85. The molecule has 5 nitrogen and oxygen atoms in total. The lowest BCUT2D eigenvalue weighted by atomic mass is 9.86. The number of halogens is 6. The number of anilines is 1. The summed E-state index contributed by atoms with van der Waals surface area (Å²) in [5.74, 6) is 0. The maximum absolute atomic E-state index is 12.9. The number of ether oxygens (including phenoxy) is 1. The Hall–Kier alpha value is -3.73. The van der Waals surface area contributed by atoms with Crippen LogP contribution in [0.4, 0.5) is 36.8 Å². The minimum absolute atomic E-state index is 0.395. The molecule has 1 aliphatic carbocycles. The first-order valence-corrected chi connectivity index (χ1v) is 13.8. The van der Waals surface area contributed by atoms with Gasteiger partial charge in [0.2, 0.25) is 0 Å². The Morgan fingerprint density at radius 2 is 1.36 bits per heavy atom. The highest BCUT2D eigenvalue weighted by atomic mass is 19.4. The zero-order valence-corrected chi connectivity index (χ0v) is 22.8. The lowest BCUT2D eigenvalue weighted by Gasteiger charge is -2.36. The molecular formula is C31H31F6N3O2. The molecule has 0 aromatic heterocycles. The van der Waals surface area contributed by atoms with Crippen LogP contribution in [0.5, 0.6) is 0 Å². The predicted molar refractivity (Wildman–Crippen MR) is 147 cm³/mol. The smallest absolute Gasteiger partial charge is 0.416 e. The average molecular weight is 592 g/mol. The third-order valence-electron chi connectivity index (χ3n) is 7.90. The number of nitrogens with zero attached hydrogens (tertiary/aromatic N) is 2. The molecule has 1 N–H and O–H groups in total. The molecule has 2 aliphatic rings. The molecular weight excluding hydrogens is 560 g/mol. The Morgan fingerprint density at radius 3 is 1.90 bits per heavy atom. The van der Waals surface area contributed by atoms with Gasteiger partial charge in [0.15, 0.2) is 5.60 Å². The van der Waals surface area contributed by atoms with Gasteiger partial charge in [-0.05, 0) is 61.2 Å².